The number of para-hydroxylation sites is 1. The first kappa shape index (κ1) is 17.3. The summed E-state index contributed by atoms with van der Waals surface area (Å²) in [4.78, 5) is 2.41. The molecule has 0 atom stereocenters. The number of anilines is 1. The molecule has 0 aliphatic rings. The Morgan fingerprint density at radius 2 is 1.95 bits per heavy atom. The van der Waals surface area contributed by atoms with Gasteiger partial charge in [0.05, 0.1) is 0 Å². The van der Waals surface area contributed by atoms with Crippen LogP contribution in [-0.4, -0.2) is 24.1 Å². The number of amidine groups is 1. The van der Waals surface area contributed by atoms with Gasteiger partial charge in [0.25, 0.3) is 0 Å². The first-order valence-electron chi connectivity index (χ1n) is 7.71. The molecule has 0 amide bonds. The second kappa shape index (κ2) is 7.91. The molecule has 0 spiro atoms. The van der Waals surface area contributed by atoms with Gasteiger partial charge in [0.2, 0.25) is 0 Å². The van der Waals surface area contributed by atoms with Crippen molar-refractivity contribution in [3.05, 3.63) is 29.8 Å². The molecule has 0 aliphatic carbocycles. The maximum Gasteiger partial charge on any atom is 0.144 e. The van der Waals surface area contributed by atoms with Gasteiger partial charge >= 0.3 is 0 Å². The minimum atomic E-state index is -0.242. The van der Waals surface area contributed by atoms with E-state index in [1.165, 1.54) is 11.3 Å². The molecule has 0 aliphatic heterocycles. The van der Waals surface area contributed by atoms with E-state index < -0.39 is 0 Å². The SMILES string of the molecule is CCN(CCCCC(C)(C)/C(N)=N/O)c1ccccc1C. The van der Waals surface area contributed by atoms with Gasteiger partial charge in [0, 0.05) is 24.2 Å². The lowest BCUT2D eigenvalue weighted by atomic mass is 9.86. The third-order valence-electron chi connectivity index (χ3n) is 4.12. The summed E-state index contributed by atoms with van der Waals surface area (Å²) in [6.45, 7) is 10.4. The summed E-state index contributed by atoms with van der Waals surface area (Å²) in [5.74, 6) is 0.314. The highest BCUT2D eigenvalue weighted by Crippen LogP contribution is 2.24. The standard InChI is InChI=1S/C17H29N3O/c1-5-20(15-11-7-6-10-14(15)2)13-9-8-12-17(3,4)16(18)19-21/h6-7,10-11,21H,5,8-9,12-13H2,1-4H3,(H2,18,19). The lowest BCUT2D eigenvalue weighted by Crippen LogP contribution is -2.32. The van der Waals surface area contributed by atoms with E-state index >= 15 is 0 Å². The van der Waals surface area contributed by atoms with Crippen LogP contribution in [0.3, 0.4) is 0 Å². The van der Waals surface area contributed by atoms with Gasteiger partial charge < -0.3 is 15.8 Å². The van der Waals surface area contributed by atoms with E-state index in [4.69, 9.17) is 10.9 Å². The Morgan fingerprint density at radius 3 is 2.52 bits per heavy atom. The zero-order valence-corrected chi connectivity index (χ0v) is 13.8. The van der Waals surface area contributed by atoms with Crippen molar-refractivity contribution in [2.24, 2.45) is 16.3 Å². The normalized spacial score (nSPS) is 12.5. The molecule has 118 valence electrons. The van der Waals surface area contributed by atoms with Crippen molar-refractivity contribution in [1.82, 2.24) is 0 Å². The topological polar surface area (TPSA) is 61.8 Å². The number of rotatable bonds is 8. The molecule has 0 unspecified atom stereocenters. The van der Waals surface area contributed by atoms with Crippen molar-refractivity contribution >= 4 is 11.5 Å². The number of nitrogens with two attached hydrogens (primary N) is 1. The van der Waals surface area contributed by atoms with Crippen LogP contribution in [0.1, 0.15) is 45.6 Å². The second-order valence-electron chi connectivity index (χ2n) is 6.19. The van der Waals surface area contributed by atoms with Crippen molar-refractivity contribution in [1.29, 1.82) is 0 Å². The number of benzene rings is 1. The first-order chi connectivity index (χ1) is 9.92. The molecule has 0 heterocycles. The zero-order chi connectivity index (χ0) is 15.9. The molecule has 1 aromatic carbocycles. The van der Waals surface area contributed by atoms with E-state index in [9.17, 15) is 0 Å². The van der Waals surface area contributed by atoms with Gasteiger partial charge in [0.1, 0.15) is 5.84 Å². The predicted molar refractivity (Wildman–Crippen MR) is 90.1 cm³/mol. The fraction of sp³-hybridized carbons (Fsp3) is 0.588. The molecule has 0 aromatic heterocycles. The van der Waals surface area contributed by atoms with Gasteiger partial charge in [-0.2, -0.15) is 0 Å². The quantitative estimate of drug-likeness (QED) is 0.252. The summed E-state index contributed by atoms with van der Waals surface area (Å²) < 4.78 is 0. The predicted octanol–water partition coefficient (Wildman–Crippen LogP) is 3.76. The minimum absolute atomic E-state index is 0.242. The Labute approximate surface area is 128 Å². The Bertz CT molecular complexity index is 469. The van der Waals surface area contributed by atoms with E-state index in [2.05, 4.69) is 48.2 Å². The molecule has 1 aromatic rings. The Kier molecular flexibility index (Phi) is 6.53. The van der Waals surface area contributed by atoms with E-state index in [0.29, 0.717) is 5.84 Å². The Balaban J connectivity index is 2.49. The molecule has 3 N–H and O–H groups in total. The average molecular weight is 291 g/mol. The summed E-state index contributed by atoms with van der Waals surface area (Å²) >= 11 is 0. The Morgan fingerprint density at radius 1 is 1.29 bits per heavy atom. The molecule has 0 radical (unpaired) electrons. The third-order valence-corrected chi connectivity index (χ3v) is 4.12. The monoisotopic (exact) mass is 291 g/mol. The molecule has 0 fully saturated rings. The van der Waals surface area contributed by atoms with Crippen LogP contribution in [0.25, 0.3) is 0 Å². The maximum absolute atomic E-state index is 8.79. The number of hydrogen-bond acceptors (Lipinski definition) is 3. The highest BCUT2D eigenvalue weighted by Gasteiger charge is 2.22. The molecule has 0 saturated heterocycles. The van der Waals surface area contributed by atoms with Crippen molar-refractivity contribution in [3.63, 3.8) is 0 Å². The third kappa shape index (κ3) is 4.96. The van der Waals surface area contributed by atoms with Gasteiger partial charge in [-0.25, -0.2) is 0 Å². The van der Waals surface area contributed by atoms with E-state index in [-0.39, 0.29) is 5.41 Å². The maximum atomic E-state index is 8.79. The summed E-state index contributed by atoms with van der Waals surface area (Å²) in [6.07, 6.45) is 3.09. The minimum Gasteiger partial charge on any atom is -0.409 e. The highest BCUT2D eigenvalue weighted by molar-refractivity contribution is 5.85. The zero-order valence-electron chi connectivity index (χ0n) is 13.8. The molecule has 1 rings (SSSR count). The molecule has 0 saturated carbocycles. The highest BCUT2D eigenvalue weighted by atomic mass is 16.4. The molecule has 4 heteroatoms. The molecular formula is C17H29N3O. The van der Waals surface area contributed by atoms with Crippen LogP contribution < -0.4 is 10.6 Å². The largest absolute Gasteiger partial charge is 0.409 e. The van der Waals surface area contributed by atoms with Crippen LogP contribution in [0.2, 0.25) is 0 Å². The Hall–Kier alpha value is -1.71. The summed E-state index contributed by atoms with van der Waals surface area (Å²) in [5.41, 5.74) is 8.11. The number of hydrogen-bond donors (Lipinski definition) is 2. The summed E-state index contributed by atoms with van der Waals surface area (Å²) in [7, 11) is 0. The van der Waals surface area contributed by atoms with Crippen LogP contribution in [0.5, 0.6) is 0 Å². The first-order valence-corrected chi connectivity index (χ1v) is 7.71. The smallest absolute Gasteiger partial charge is 0.144 e. The molecule has 21 heavy (non-hydrogen) atoms. The van der Waals surface area contributed by atoms with Crippen LogP contribution in [0, 0.1) is 12.3 Å². The van der Waals surface area contributed by atoms with E-state index in [0.717, 1.165) is 32.4 Å². The lowest BCUT2D eigenvalue weighted by molar-refractivity contribution is 0.304. The van der Waals surface area contributed by atoms with Gasteiger partial charge in [-0.3, -0.25) is 0 Å². The fourth-order valence-corrected chi connectivity index (χ4v) is 2.50. The number of oxime groups is 1. The van der Waals surface area contributed by atoms with Gasteiger partial charge in [-0.05, 0) is 38.3 Å². The number of nitrogens with zero attached hydrogens (tertiary/aromatic N) is 2. The van der Waals surface area contributed by atoms with Gasteiger partial charge in [-0.15, -0.1) is 0 Å². The lowest BCUT2D eigenvalue weighted by Gasteiger charge is -2.26. The van der Waals surface area contributed by atoms with E-state index in [1.807, 2.05) is 13.8 Å². The fourth-order valence-electron chi connectivity index (χ4n) is 2.50. The van der Waals surface area contributed by atoms with Crippen molar-refractivity contribution < 1.29 is 5.21 Å². The van der Waals surface area contributed by atoms with Crippen molar-refractivity contribution in [2.75, 3.05) is 18.0 Å². The summed E-state index contributed by atoms with van der Waals surface area (Å²) in [5, 5.41) is 11.9. The number of unbranched alkanes of at least 4 members (excludes halogenated alkanes) is 1. The molecule has 4 nitrogen and oxygen atoms in total. The molecule has 0 bridgehead atoms. The van der Waals surface area contributed by atoms with Crippen LogP contribution in [0.4, 0.5) is 5.69 Å². The van der Waals surface area contributed by atoms with Crippen molar-refractivity contribution in [3.8, 4) is 0 Å². The van der Waals surface area contributed by atoms with Crippen LogP contribution in [-0.2, 0) is 0 Å². The molecular weight excluding hydrogens is 262 g/mol. The summed E-state index contributed by atoms with van der Waals surface area (Å²) in [6, 6.07) is 8.50. The van der Waals surface area contributed by atoms with Crippen LogP contribution in [0.15, 0.2) is 29.4 Å². The van der Waals surface area contributed by atoms with Crippen LogP contribution >= 0.6 is 0 Å². The second-order valence-corrected chi connectivity index (χ2v) is 6.19. The average Bonchev–Trinajstić information content (AvgIpc) is 2.47. The van der Waals surface area contributed by atoms with E-state index in [1.54, 1.807) is 0 Å². The van der Waals surface area contributed by atoms with Crippen molar-refractivity contribution in [2.45, 2.75) is 47.0 Å². The van der Waals surface area contributed by atoms with Gasteiger partial charge in [-0.1, -0.05) is 43.6 Å². The van der Waals surface area contributed by atoms with Gasteiger partial charge in [0.15, 0.2) is 0 Å². The number of aryl methyl sites for hydroxylation is 1.